The molecule has 0 saturated carbocycles. The fourth-order valence-electron chi connectivity index (χ4n) is 1.68. The number of carboxylic acid groups (broad SMARTS) is 1. The molecule has 0 fully saturated rings. The number of carbonyl (C=O) groups is 1. The summed E-state index contributed by atoms with van der Waals surface area (Å²) >= 11 is 0. The molecule has 0 saturated heterocycles. The van der Waals surface area contributed by atoms with Crippen molar-refractivity contribution in [3.05, 3.63) is 11.8 Å². The number of rotatable bonds is 8. The molecule has 0 aliphatic rings. The molecule has 0 spiro atoms. The van der Waals surface area contributed by atoms with Crippen molar-refractivity contribution in [2.75, 3.05) is 11.9 Å². The molecule has 19 heavy (non-hydrogen) atoms. The van der Waals surface area contributed by atoms with Crippen molar-refractivity contribution in [3.8, 4) is 5.88 Å². The van der Waals surface area contributed by atoms with Gasteiger partial charge in [0, 0.05) is 24.2 Å². The molecule has 1 aromatic heterocycles. The zero-order valence-electron chi connectivity index (χ0n) is 11.6. The van der Waals surface area contributed by atoms with Gasteiger partial charge in [-0.2, -0.15) is 4.98 Å². The highest BCUT2D eigenvalue weighted by Crippen LogP contribution is 2.13. The SMILES string of the molecule is CCOc1cc(C)nc(NC(C)CCCC(=O)O)n1. The van der Waals surface area contributed by atoms with Gasteiger partial charge in [0.15, 0.2) is 0 Å². The van der Waals surface area contributed by atoms with E-state index in [0.29, 0.717) is 24.9 Å². The third-order valence-corrected chi connectivity index (χ3v) is 2.53. The molecule has 1 rings (SSSR count). The van der Waals surface area contributed by atoms with Crippen LogP contribution >= 0.6 is 0 Å². The maximum atomic E-state index is 10.4. The normalized spacial score (nSPS) is 11.9. The number of aliphatic carboxylic acids is 1. The molecule has 6 nitrogen and oxygen atoms in total. The van der Waals surface area contributed by atoms with Gasteiger partial charge in [0.25, 0.3) is 0 Å². The van der Waals surface area contributed by atoms with Gasteiger partial charge in [-0.1, -0.05) is 0 Å². The Bertz CT molecular complexity index is 424. The predicted octanol–water partition coefficient (Wildman–Crippen LogP) is 2.24. The monoisotopic (exact) mass is 267 g/mol. The lowest BCUT2D eigenvalue weighted by atomic mass is 10.1. The number of hydrogen-bond acceptors (Lipinski definition) is 5. The largest absolute Gasteiger partial charge is 0.481 e. The van der Waals surface area contributed by atoms with Crippen molar-refractivity contribution in [1.82, 2.24) is 9.97 Å². The zero-order chi connectivity index (χ0) is 14.3. The number of aryl methyl sites for hydroxylation is 1. The summed E-state index contributed by atoms with van der Waals surface area (Å²) < 4.78 is 5.35. The Labute approximate surface area is 113 Å². The van der Waals surface area contributed by atoms with E-state index in [1.807, 2.05) is 20.8 Å². The third-order valence-electron chi connectivity index (χ3n) is 2.53. The van der Waals surface area contributed by atoms with Gasteiger partial charge in [-0.15, -0.1) is 0 Å². The van der Waals surface area contributed by atoms with Crippen LogP contribution in [0.4, 0.5) is 5.95 Å². The number of hydrogen-bond donors (Lipinski definition) is 2. The molecule has 0 aromatic carbocycles. The molecule has 2 N–H and O–H groups in total. The summed E-state index contributed by atoms with van der Waals surface area (Å²) in [5.74, 6) is 0.305. The molecule has 6 heteroatoms. The fourth-order valence-corrected chi connectivity index (χ4v) is 1.68. The maximum absolute atomic E-state index is 10.4. The average Bonchev–Trinajstić information content (AvgIpc) is 2.27. The smallest absolute Gasteiger partial charge is 0.303 e. The summed E-state index contributed by atoms with van der Waals surface area (Å²) in [5.41, 5.74) is 0.832. The molecule has 1 unspecified atom stereocenters. The van der Waals surface area contributed by atoms with Crippen molar-refractivity contribution in [2.45, 2.75) is 46.1 Å². The first kappa shape index (κ1) is 15.2. The Morgan fingerprint density at radius 3 is 2.89 bits per heavy atom. The molecular weight excluding hydrogens is 246 g/mol. The lowest BCUT2D eigenvalue weighted by Crippen LogP contribution is -2.18. The Morgan fingerprint density at radius 1 is 1.53 bits per heavy atom. The molecule has 0 bridgehead atoms. The summed E-state index contributed by atoms with van der Waals surface area (Å²) in [6.45, 7) is 6.32. The van der Waals surface area contributed by atoms with Crippen LogP contribution in [0.3, 0.4) is 0 Å². The second-order valence-electron chi connectivity index (χ2n) is 4.44. The molecular formula is C13H21N3O3. The van der Waals surface area contributed by atoms with E-state index in [-0.39, 0.29) is 12.5 Å². The summed E-state index contributed by atoms with van der Waals surface area (Å²) in [4.78, 5) is 19.0. The van der Waals surface area contributed by atoms with Gasteiger partial charge in [0.05, 0.1) is 6.61 Å². The van der Waals surface area contributed by atoms with E-state index in [4.69, 9.17) is 9.84 Å². The number of carboxylic acids is 1. The van der Waals surface area contributed by atoms with Crippen molar-refractivity contribution in [1.29, 1.82) is 0 Å². The first-order valence-corrected chi connectivity index (χ1v) is 6.48. The van der Waals surface area contributed by atoms with E-state index < -0.39 is 5.97 Å². The first-order chi connectivity index (χ1) is 9.01. The Morgan fingerprint density at radius 2 is 2.26 bits per heavy atom. The molecule has 0 aliphatic heterocycles. The highest BCUT2D eigenvalue weighted by atomic mass is 16.5. The van der Waals surface area contributed by atoms with Crippen LogP contribution in [0.15, 0.2) is 6.07 Å². The molecule has 0 radical (unpaired) electrons. The summed E-state index contributed by atoms with van der Waals surface area (Å²) in [6.07, 6.45) is 1.58. The van der Waals surface area contributed by atoms with E-state index in [9.17, 15) is 4.79 Å². The third kappa shape index (κ3) is 6.03. The van der Waals surface area contributed by atoms with Crippen LogP contribution in [0, 0.1) is 6.92 Å². The highest BCUT2D eigenvalue weighted by molar-refractivity contribution is 5.66. The summed E-state index contributed by atoms with van der Waals surface area (Å²) in [7, 11) is 0. The summed E-state index contributed by atoms with van der Waals surface area (Å²) in [5, 5.41) is 11.7. The van der Waals surface area contributed by atoms with Crippen molar-refractivity contribution < 1.29 is 14.6 Å². The number of aromatic nitrogens is 2. The molecule has 106 valence electrons. The molecule has 0 aliphatic carbocycles. The minimum Gasteiger partial charge on any atom is -0.481 e. The van der Waals surface area contributed by atoms with Crippen molar-refractivity contribution in [3.63, 3.8) is 0 Å². The molecule has 1 atom stereocenters. The van der Waals surface area contributed by atoms with Crippen LogP contribution in [0.2, 0.25) is 0 Å². The van der Waals surface area contributed by atoms with Crippen molar-refractivity contribution >= 4 is 11.9 Å². The van der Waals surface area contributed by atoms with Crippen LogP contribution in [0.5, 0.6) is 5.88 Å². The molecule has 1 heterocycles. The predicted molar refractivity (Wildman–Crippen MR) is 72.5 cm³/mol. The van der Waals surface area contributed by atoms with Gasteiger partial charge in [-0.05, 0) is 33.6 Å². The number of anilines is 1. The van der Waals surface area contributed by atoms with Crippen LogP contribution in [-0.4, -0.2) is 33.7 Å². The van der Waals surface area contributed by atoms with E-state index >= 15 is 0 Å². The quantitative estimate of drug-likeness (QED) is 0.751. The van der Waals surface area contributed by atoms with Crippen LogP contribution in [-0.2, 0) is 4.79 Å². The number of ether oxygens (including phenoxy) is 1. The molecule has 0 amide bonds. The van der Waals surface area contributed by atoms with E-state index in [1.54, 1.807) is 6.07 Å². The van der Waals surface area contributed by atoms with Gasteiger partial charge >= 0.3 is 5.97 Å². The van der Waals surface area contributed by atoms with Gasteiger partial charge in [-0.3, -0.25) is 4.79 Å². The molecule has 1 aromatic rings. The van der Waals surface area contributed by atoms with E-state index in [1.165, 1.54) is 0 Å². The minimum absolute atomic E-state index is 0.121. The van der Waals surface area contributed by atoms with Crippen LogP contribution < -0.4 is 10.1 Å². The van der Waals surface area contributed by atoms with Gasteiger partial charge in [-0.25, -0.2) is 4.98 Å². The van der Waals surface area contributed by atoms with Crippen LogP contribution in [0.1, 0.15) is 38.8 Å². The van der Waals surface area contributed by atoms with Gasteiger partial charge in [0.1, 0.15) is 0 Å². The maximum Gasteiger partial charge on any atom is 0.303 e. The Balaban J connectivity index is 2.53. The Kier molecular flexibility index (Phi) is 6.05. The summed E-state index contributed by atoms with van der Waals surface area (Å²) in [6, 6.07) is 1.90. The number of nitrogens with one attached hydrogen (secondary N) is 1. The van der Waals surface area contributed by atoms with E-state index in [0.717, 1.165) is 12.1 Å². The average molecular weight is 267 g/mol. The topological polar surface area (TPSA) is 84.3 Å². The highest BCUT2D eigenvalue weighted by Gasteiger charge is 2.08. The zero-order valence-corrected chi connectivity index (χ0v) is 11.6. The van der Waals surface area contributed by atoms with Crippen LogP contribution in [0.25, 0.3) is 0 Å². The second kappa shape index (κ2) is 7.56. The van der Waals surface area contributed by atoms with E-state index in [2.05, 4.69) is 15.3 Å². The van der Waals surface area contributed by atoms with Gasteiger partial charge < -0.3 is 15.2 Å². The lowest BCUT2D eigenvalue weighted by Gasteiger charge is -2.14. The number of nitrogens with zero attached hydrogens (tertiary/aromatic N) is 2. The Hall–Kier alpha value is -1.85. The standard InChI is InChI=1S/C13H21N3O3/c1-4-19-11-8-10(3)15-13(16-11)14-9(2)6-5-7-12(17)18/h8-9H,4-7H2,1-3H3,(H,17,18)(H,14,15,16). The second-order valence-corrected chi connectivity index (χ2v) is 4.44. The van der Waals surface area contributed by atoms with Gasteiger partial charge in [0.2, 0.25) is 11.8 Å². The fraction of sp³-hybridized carbons (Fsp3) is 0.615. The van der Waals surface area contributed by atoms with Crippen molar-refractivity contribution in [2.24, 2.45) is 0 Å². The first-order valence-electron chi connectivity index (χ1n) is 6.48. The lowest BCUT2D eigenvalue weighted by molar-refractivity contribution is -0.137. The minimum atomic E-state index is -0.766.